The molecule has 0 saturated heterocycles. The Hall–Kier alpha value is -3.23. The van der Waals surface area contributed by atoms with Gasteiger partial charge in [0, 0.05) is 12.1 Å². The van der Waals surface area contributed by atoms with Crippen LogP contribution in [0.5, 0.6) is 5.88 Å². The zero-order valence-electron chi connectivity index (χ0n) is 20.2. The largest absolute Gasteiger partial charge is 0.473 e. The minimum Gasteiger partial charge on any atom is -0.473 e. The Morgan fingerprint density at radius 3 is 2.77 bits per heavy atom. The molecule has 3 atom stereocenters. The molecule has 5 rings (SSSR count). The summed E-state index contributed by atoms with van der Waals surface area (Å²) >= 11 is 0. The highest BCUT2D eigenvalue weighted by Gasteiger charge is 2.38. The Kier molecular flexibility index (Phi) is 6.83. The second-order valence-electron chi connectivity index (χ2n) is 9.07. The van der Waals surface area contributed by atoms with Crippen LogP contribution in [0, 0.1) is 17.2 Å². The lowest BCUT2D eigenvalue weighted by Gasteiger charge is -2.15. The number of nitrogens with zero attached hydrogens (tertiary/aromatic N) is 8. The molecule has 0 N–H and O–H groups in total. The van der Waals surface area contributed by atoms with Crippen molar-refractivity contribution in [2.24, 2.45) is 5.92 Å². The summed E-state index contributed by atoms with van der Waals surface area (Å²) in [5, 5.41) is 18.0. The monoisotopic (exact) mass is 493 g/mol. The topological polar surface area (TPSA) is 116 Å². The maximum absolute atomic E-state index is 8.94. The van der Waals surface area contributed by atoms with Gasteiger partial charge in [0.15, 0.2) is 17.0 Å². The molecule has 11 heteroatoms. The maximum Gasteiger partial charge on any atom is 0.232 e. The quantitative estimate of drug-likeness (QED) is 0.258. The molecule has 0 aromatic carbocycles. The Balaban J connectivity index is 1.39. The first-order valence-electron chi connectivity index (χ1n) is 11.8. The van der Waals surface area contributed by atoms with E-state index in [1.54, 1.807) is 6.20 Å². The van der Waals surface area contributed by atoms with Crippen molar-refractivity contribution < 1.29 is 9.47 Å². The lowest BCUT2D eigenvalue weighted by atomic mass is 9.93. The molecule has 182 valence electrons. The number of fused-ring (bicyclic) bond motifs is 3. The third-order valence-corrected chi connectivity index (χ3v) is 7.56. The van der Waals surface area contributed by atoms with Gasteiger partial charge in [-0.25, -0.2) is 15.0 Å². The first kappa shape index (κ1) is 23.5. The van der Waals surface area contributed by atoms with Crippen molar-refractivity contribution in [3.63, 3.8) is 0 Å². The highest BCUT2D eigenvalue weighted by atomic mass is 32.2. The summed E-state index contributed by atoms with van der Waals surface area (Å²) in [5.41, 5.74) is 2.86. The number of aromatic nitrogens is 7. The average molecular weight is 494 g/mol. The van der Waals surface area contributed by atoms with Gasteiger partial charge >= 0.3 is 0 Å². The smallest absolute Gasteiger partial charge is 0.232 e. The van der Waals surface area contributed by atoms with Crippen molar-refractivity contribution in [1.29, 1.82) is 5.26 Å². The molecule has 4 aromatic heterocycles. The Morgan fingerprint density at radius 1 is 1.14 bits per heavy atom. The van der Waals surface area contributed by atoms with Crippen molar-refractivity contribution in [2.45, 2.75) is 44.9 Å². The molecule has 0 radical (unpaired) electrons. The molecule has 1 aliphatic rings. The van der Waals surface area contributed by atoms with E-state index in [4.69, 9.17) is 14.7 Å². The molecule has 4 aromatic rings. The molecular weight excluding hydrogens is 464 g/mol. The SMILES string of the molecule is CCC1CC(Oc2cnc(C#N)cn2)CC1c1nnc2cnc3c(ccn3COCC[S+](C)C)n12. The van der Waals surface area contributed by atoms with Crippen LogP contribution in [0.2, 0.25) is 0 Å². The van der Waals surface area contributed by atoms with Gasteiger partial charge in [-0.2, -0.15) is 5.26 Å². The van der Waals surface area contributed by atoms with Crippen LogP contribution >= 0.6 is 0 Å². The average Bonchev–Trinajstić information content (AvgIpc) is 3.58. The van der Waals surface area contributed by atoms with Gasteiger partial charge in [-0.3, -0.25) is 4.40 Å². The third-order valence-electron chi connectivity index (χ3n) is 6.57. The van der Waals surface area contributed by atoms with Crippen molar-refractivity contribution in [1.82, 2.24) is 34.1 Å². The van der Waals surface area contributed by atoms with Gasteiger partial charge in [0.1, 0.15) is 30.5 Å². The normalized spacial score (nSPS) is 20.1. The summed E-state index contributed by atoms with van der Waals surface area (Å²) < 4.78 is 16.2. The van der Waals surface area contributed by atoms with Gasteiger partial charge < -0.3 is 14.0 Å². The van der Waals surface area contributed by atoms with Gasteiger partial charge in [0.05, 0.1) is 43.2 Å². The number of ether oxygens (including phenoxy) is 2. The minimum atomic E-state index is -0.00321. The second kappa shape index (κ2) is 10.2. The van der Waals surface area contributed by atoms with Crippen LogP contribution in [0.1, 0.15) is 43.6 Å². The van der Waals surface area contributed by atoms with Gasteiger partial charge in [-0.05, 0) is 35.7 Å². The lowest BCUT2D eigenvalue weighted by Crippen LogP contribution is -2.13. The standard InChI is InChI=1S/C24H29N8O2S/c1-4-16-9-18(34-22-14-26-17(11-25)12-27-22)10-19(16)23-30-29-21-13-28-24-20(32(21)23)5-6-31(24)15-33-7-8-35(2)3/h5-6,12-14,16,18-19H,4,7-10,15H2,1-3H3/q+1. The van der Waals surface area contributed by atoms with E-state index in [1.807, 2.05) is 16.8 Å². The molecule has 0 amide bonds. The van der Waals surface area contributed by atoms with Gasteiger partial charge in [-0.1, -0.05) is 13.3 Å². The Bertz CT molecular complexity index is 1340. The molecule has 1 saturated carbocycles. The van der Waals surface area contributed by atoms with Crippen LogP contribution in [0.15, 0.2) is 30.9 Å². The number of hydrogen-bond donors (Lipinski definition) is 0. The van der Waals surface area contributed by atoms with Crippen LogP contribution < -0.4 is 4.74 Å². The van der Waals surface area contributed by atoms with Gasteiger partial charge in [0.25, 0.3) is 0 Å². The van der Waals surface area contributed by atoms with Crippen molar-refractivity contribution >= 4 is 27.7 Å². The molecule has 0 bridgehead atoms. The summed E-state index contributed by atoms with van der Waals surface area (Å²) in [6.45, 7) is 3.41. The van der Waals surface area contributed by atoms with E-state index < -0.39 is 0 Å². The molecule has 3 unspecified atom stereocenters. The predicted octanol–water partition coefficient (Wildman–Crippen LogP) is 2.94. The fourth-order valence-corrected chi connectivity index (χ4v) is 5.25. The fourth-order valence-electron chi connectivity index (χ4n) is 4.80. The minimum absolute atomic E-state index is 0.00321. The van der Waals surface area contributed by atoms with Crippen molar-refractivity contribution in [3.8, 4) is 11.9 Å². The molecule has 1 aliphatic carbocycles. The van der Waals surface area contributed by atoms with E-state index >= 15 is 0 Å². The van der Waals surface area contributed by atoms with E-state index in [0.29, 0.717) is 29.4 Å². The Labute approximate surface area is 206 Å². The highest BCUT2D eigenvalue weighted by Crippen LogP contribution is 2.42. The van der Waals surface area contributed by atoms with Crippen LogP contribution in [-0.2, 0) is 22.4 Å². The highest BCUT2D eigenvalue weighted by molar-refractivity contribution is 7.95. The number of hydrogen-bond acceptors (Lipinski definition) is 8. The van der Waals surface area contributed by atoms with E-state index in [9.17, 15) is 0 Å². The van der Waals surface area contributed by atoms with E-state index in [-0.39, 0.29) is 17.7 Å². The summed E-state index contributed by atoms with van der Waals surface area (Å²) in [4.78, 5) is 12.9. The molecule has 4 heterocycles. The molecule has 10 nitrogen and oxygen atoms in total. The molecule has 0 aliphatic heterocycles. The number of rotatable bonds is 9. The zero-order valence-corrected chi connectivity index (χ0v) is 21.0. The molecule has 0 spiro atoms. The van der Waals surface area contributed by atoms with Crippen molar-refractivity contribution in [2.75, 3.05) is 24.9 Å². The van der Waals surface area contributed by atoms with Crippen LogP contribution in [-0.4, -0.2) is 65.1 Å². The van der Waals surface area contributed by atoms with E-state index in [2.05, 4.69) is 55.1 Å². The first-order valence-corrected chi connectivity index (χ1v) is 14.0. The predicted molar refractivity (Wildman–Crippen MR) is 133 cm³/mol. The zero-order chi connectivity index (χ0) is 24.4. The molecule has 35 heavy (non-hydrogen) atoms. The molecular formula is C24H29N8O2S+. The fraction of sp³-hybridized carbons (Fsp3) is 0.500. The van der Waals surface area contributed by atoms with Gasteiger partial charge in [-0.15, -0.1) is 10.2 Å². The molecule has 1 fully saturated rings. The first-order chi connectivity index (χ1) is 17.1. The summed E-state index contributed by atoms with van der Waals surface area (Å²) in [6, 6.07) is 4.04. The van der Waals surface area contributed by atoms with E-state index in [0.717, 1.165) is 54.3 Å². The maximum atomic E-state index is 8.94. The second-order valence-corrected chi connectivity index (χ2v) is 11.4. The summed E-state index contributed by atoms with van der Waals surface area (Å²) in [6.07, 6.45) is 13.9. The number of nitriles is 1. The van der Waals surface area contributed by atoms with Crippen LogP contribution in [0.3, 0.4) is 0 Å². The van der Waals surface area contributed by atoms with Crippen LogP contribution in [0.25, 0.3) is 16.8 Å². The summed E-state index contributed by atoms with van der Waals surface area (Å²) in [7, 11) is 0.368. The van der Waals surface area contributed by atoms with Gasteiger partial charge in [0.2, 0.25) is 5.88 Å². The van der Waals surface area contributed by atoms with Crippen molar-refractivity contribution in [3.05, 3.63) is 42.4 Å². The Morgan fingerprint density at radius 2 is 2.03 bits per heavy atom. The lowest BCUT2D eigenvalue weighted by molar-refractivity contribution is 0.0924. The van der Waals surface area contributed by atoms with E-state index in [1.165, 1.54) is 12.4 Å². The van der Waals surface area contributed by atoms with Crippen LogP contribution in [0.4, 0.5) is 0 Å². The summed E-state index contributed by atoms with van der Waals surface area (Å²) in [5.74, 6) is 3.05. The third kappa shape index (κ3) is 4.81.